The molecular formula is C7H8BrI. The zero-order valence-electron chi connectivity index (χ0n) is 5.14. The molecule has 2 atom stereocenters. The third-order valence-corrected chi connectivity index (χ3v) is 4.50. The predicted molar refractivity (Wildman–Crippen MR) is 53.4 cm³/mol. The van der Waals surface area contributed by atoms with Gasteiger partial charge in [-0.3, -0.25) is 0 Å². The van der Waals surface area contributed by atoms with E-state index < -0.39 is 0 Å². The largest absolute Gasteiger partial charge is 0.0827 e. The summed E-state index contributed by atoms with van der Waals surface area (Å²) in [4.78, 5) is 0.482. The molecule has 2 heteroatoms. The fraction of sp³-hybridized carbons (Fsp3) is 0.429. The topological polar surface area (TPSA) is 0 Å². The van der Waals surface area contributed by atoms with Crippen LogP contribution in [0.2, 0.25) is 0 Å². The Bertz CT molecular complexity index is 158. The average molecular weight is 299 g/mol. The van der Waals surface area contributed by atoms with Gasteiger partial charge in [0.15, 0.2) is 0 Å². The highest BCUT2D eigenvalue weighted by Crippen LogP contribution is 2.32. The Labute approximate surface area is 77.7 Å². The number of hydrogen-bond acceptors (Lipinski definition) is 0. The van der Waals surface area contributed by atoms with Crippen LogP contribution in [0.5, 0.6) is 0 Å². The van der Waals surface area contributed by atoms with Gasteiger partial charge in [0.25, 0.3) is 0 Å². The molecule has 0 radical (unpaired) electrons. The third kappa shape index (κ3) is 1.80. The van der Waals surface area contributed by atoms with Gasteiger partial charge in [-0.1, -0.05) is 62.8 Å². The maximum absolute atomic E-state index is 3.56. The smallest absolute Gasteiger partial charge is 0.0535 e. The Hall–Kier alpha value is 0.690. The van der Waals surface area contributed by atoms with Crippen molar-refractivity contribution in [2.45, 2.75) is 15.2 Å². The van der Waals surface area contributed by atoms with Crippen molar-refractivity contribution in [2.75, 3.05) is 0 Å². The van der Waals surface area contributed by atoms with Gasteiger partial charge in [-0.15, -0.1) is 0 Å². The van der Waals surface area contributed by atoms with E-state index in [1.807, 2.05) is 0 Å². The molecular weight excluding hydrogens is 291 g/mol. The van der Waals surface area contributed by atoms with Crippen LogP contribution >= 0.6 is 38.5 Å². The van der Waals surface area contributed by atoms with E-state index in [-0.39, 0.29) is 3.42 Å². The number of allylic oxidation sites excluding steroid dienone is 4. The molecule has 50 valence electrons. The summed E-state index contributed by atoms with van der Waals surface area (Å²) < 4.78 is 0.256. The van der Waals surface area contributed by atoms with E-state index in [2.05, 4.69) is 69.7 Å². The van der Waals surface area contributed by atoms with Gasteiger partial charge in [-0.05, 0) is 6.92 Å². The first kappa shape index (κ1) is 7.79. The van der Waals surface area contributed by atoms with Crippen molar-refractivity contribution in [3.8, 4) is 0 Å². The first-order chi connectivity index (χ1) is 4.13. The minimum absolute atomic E-state index is 0.256. The highest BCUT2D eigenvalue weighted by molar-refractivity contribution is 14.1. The predicted octanol–water partition coefficient (Wildman–Crippen LogP) is 3.07. The molecule has 1 rings (SSSR count). The summed E-state index contributed by atoms with van der Waals surface area (Å²) in [5, 5.41) is 0. The van der Waals surface area contributed by atoms with Crippen LogP contribution in [0.3, 0.4) is 0 Å². The molecule has 0 nitrogen and oxygen atoms in total. The molecule has 0 saturated heterocycles. The first-order valence-corrected chi connectivity index (χ1v) is 4.81. The molecule has 0 aliphatic heterocycles. The molecule has 2 unspecified atom stereocenters. The van der Waals surface area contributed by atoms with Gasteiger partial charge in [0.05, 0.1) is 8.25 Å². The van der Waals surface area contributed by atoms with Gasteiger partial charge in [0.1, 0.15) is 0 Å². The lowest BCUT2D eigenvalue weighted by Crippen LogP contribution is -2.24. The lowest BCUT2D eigenvalue weighted by molar-refractivity contribution is 0.863. The molecule has 1 aliphatic rings. The molecule has 0 amide bonds. The monoisotopic (exact) mass is 298 g/mol. The molecule has 9 heavy (non-hydrogen) atoms. The minimum atomic E-state index is 0.256. The van der Waals surface area contributed by atoms with Crippen LogP contribution < -0.4 is 0 Å². The Morgan fingerprint density at radius 1 is 1.56 bits per heavy atom. The Morgan fingerprint density at radius 3 is 2.56 bits per heavy atom. The molecule has 0 bridgehead atoms. The SMILES string of the molecule is CC1(I)C=CC=CC1Br. The Kier molecular flexibility index (Phi) is 2.37. The normalized spacial score (nSPS) is 41.4. The number of halogens is 2. The van der Waals surface area contributed by atoms with Gasteiger partial charge in [-0.25, -0.2) is 0 Å². The summed E-state index contributed by atoms with van der Waals surface area (Å²) in [7, 11) is 0. The number of hydrogen-bond donors (Lipinski definition) is 0. The average Bonchev–Trinajstić information content (AvgIpc) is 1.77. The summed E-state index contributed by atoms with van der Waals surface area (Å²) in [5.74, 6) is 0. The fourth-order valence-electron chi connectivity index (χ4n) is 0.685. The van der Waals surface area contributed by atoms with Crippen LogP contribution in [0.1, 0.15) is 6.92 Å². The van der Waals surface area contributed by atoms with Crippen molar-refractivity contribution < 1.29 is 0 Å². The van der Waals surface area contributed by atoms with E-state index in [4.69, 9.17) is 0 Å². The molecule has 1 aliphatic carbocycles. The van der Waals surface area contributed by atoms with Crippen LogP contribution in [0.4, 0.5) is 0 Å². The zero-order valence-corrected chi connectivity index (χ0v) is 8.89. The lowest BCUT2D eigenvalue weighted by atomic mass is 10.0. The number of alkyl halides is 2. The van der Waals surface area contributed by atoms with Crippen molar-refractivity contribution in [3.05, 3.63) is 24.3 Å². The summed E-state index contributed by atoms with van der Waals surface area (Å²) in [6.45, 7) is 2.20. The highest BCUT2D eigenvalue weighted by atomic mass is 127. The molecule has 0 saturated carbocycles. The van der Waals surface area contributed by atoms with Crippen LogP contribution in [0.25, 0.3) is 0 Å². The van der Waals surface area contributed by atoms with Crippen molar-refractivity contribution in [2.24, 2.45) is 0 Å². The van der Waals surface area contributed by atoms with E-state index in [1.54, 1.807) is 0 Å². The number of rotatable bonds is 0. The van der Waals surface area contributed by atoms with Crippen molar-refractivity contribution in [1.29, 1.82) is 0 Å². The standard InChI is InChI=1S/C7H8BrI/c1-7(9)5-3-2-4-6(7)8/h2-6H,1H3. The van der Waals surface area contributed by atoms with Gasteiger partial charge < -0.3 is 0 Å². The van der Waals surface area contributed by atoms with Crippen molar-refractivity contribution in [1.82, 2.24) is 0 Å². The molecule has 0 fully saturated rings. The molecule has 0 heterocycles. The van der Waals surface area contributed by atoms with E-state index in [1.165, 1.54) is 0 Å². The maximum atomic E-state index is 3.56. The Morgan fingerprint density at radius 2 is 2.22 bits per heavy atom. The van der Waals surface area contributed by atoms with Gasteiger partial charge in [0.2, 0.25) is 0 Å². The summed E-state index contributed by atoms with van der Waals surface area (Å²) in [6, 6.07) is 0. The van der Waals surface area contributed by atoms with E-state index in [0.29, 0.717) is 4.83 Å². The van der Waals surface area contributed by atoms with E-state index >= 15 is 0 Å². The second-order valence-electron chi connectivity index (χ2n) is 2.30. The molecule has 0 N–H and O–H groups in total. The quantitative estimate of drug-likeness (QED) is 0.476. The maximum Gasteiger partial charge on any atom is 0.0535 e. The second kappa shape index (κ2) is 2.74. The third-order valence-electron chi connectivity index (χ3n) is 1.35. The molecule has 0 aromatic rings. The Balaban J connectivity index is 2.78. The van der Waals surface area contributed by atoms with Crippen LogP contribution in [0.15, 0.2) is 24.3 Å². The highest BCUT2D eigenvalue weighted by Gasteiger charge is 2.25. The van der Waals surface area contributed by atoms with Crippen molar-refractivity contribution in [3.63, 3.8) is 0 Å². The molecule has 0 aromatic carbocycles. The van der Waals surface area contributed by atoms with E-state index in [0.717, 1.165) is 0 Å². The molecule has 0 aromatic heterocycles. The molecule has 0 spiro atoms. The van der Waals surface area contributed by atoms with Gasteiger partial charge >= 0.3 is 0 Å². The van der Waals surface area contributed by atoms with Crippen LogP contribution in [-0.2, 0) is 0 Å². The zero-order chi connectivity index (χ0) is 6.91. The van der Waals surface area contributed by atoms with Gasteiger partial charge in [0, 0.05) is 0 Å². The van der Waals surface area contributed by atoms with Crippen LogP contribution in [0, 0.1) is 0 Å². The lowest BCUT2D eigenvalue weighted by Gasteiger charge is -2.24. The summed E-state index contributed by atoms with van der Waals surface area (Å²) in [6.07, 6.45) is 8.52. The summed E-state index contributed by atoms with van der Waals surface area (Å²) in [5.41, 5.74) is 0. The van der Waals surface area contributed by atoms with Gasteiger partial charge in [-0.2, -0.15) is 0 Å². The fourth-order valence-corrected chi connectivity index (χ4v) is 1.43. The van der Waals surface area contributed by atoms with Crippen LogP contribution in [-0.4, -0.2) is 8.25 Å². The summed E-state index contributed by atoms with van der Waals surface area (Å²) >= 11 is 6.00. The minimum Gasteiger partial charge on any atom is -0.0827 e. The van der Waals surface area contributed by atoms with E-state index in [9.17, 15) is 0 Å². The van der Waals surface area contributed by atoms with Crippen molar-refractivity contribution >= 4 is 38.5 Å². The second-order valence-corrected chi connectivity index (χ2v) is 5.61. The first-order valence-electron chi connectivity index (χ1n) is 2.82.